The summed E-state index contributed by atoms with van der Waals surface area (Å²) in [4.78, 5) is 26.1. The summed E-state index contributed by atoms with van der Waals surface area (Å²) in [5, 5.41) is 2.88. The van der Waals surface area contributed by atoms with E-state index in [0.717, 1.165) is 19.4 Å². The van der Waals surface area contributed by atoms with E-state index < -0.39 is 0 Å². The molecule has 2 heterocycles. The molecular formula is C17H22N2O4. The number of amides is 2. The van der Waals surface area contributed by atoms with Crippen molar-refractivity contribution in [2.75, 3.05) is 31.6 Å². The molecule has 1 aromatic rings. The van der Waals surface area contributed by atoms with Crippen molar-refractivity contribution in [1.29, 1.82) is 0 Å². The number of carbonyl (C=O) groups excluding carboxylic acids is 2. The second-order valence-corrected chi connectivity index (χ2v) is 5.94. The molecule has 0 spiro atoms. The van der Waals surface area contributed by atoms with Crippen LogP contribution in [0.4, 0.5) is 5.69 Å². The number of hydrogen-bond donors (Lipinski definition) is 1. The van der Waals surface area contributed by atoms with Crippen molar-refractivity contribution >= 4 is 17.5 Å². The summed E-state index contributed by atoms with van der Waals surface area (Å²) in [7, 11) is 0. The monoisotopic (exact) mass is 318 g/mol. The maximum absolute atomic E-state index is 12.4. The first kappa shape index (κ1) is 15.6. The number of fused-ring (bicyclic) bond motifs is 1. The minimum Gasteiger partial charge on any atom is -0.486 e. The number of carbonyl (C=O) groups is 2. The zero-order valence-corrected chi connectivity index (χ0v) is 13.3. The largest absolute Gasteiger partial charge is 0.486 e. The first-order chi connectivity index (χ1) is 11.2. The van der Waals surface area contributed by atoms with Crippen molar-refractivity contribution in [2.45, 2.75) is 26.2 Å². The second-order valence-electron chi connectivity index (χ2n) is 5.94. The van der Waals surface area contributed by atoms with Crippen molar-refractivity contribution in [2.24, 2.45) is 5.92 Å². The molecule has 23 heavy (non-hydrogen) atoms. The summed E-state index contributed by atoms with van der Waals surface area (Å²) in [6.45, 7) is 4.38. The van der Waals surface area contributed by atoms with Crippen molar-refractivity contribution in [3.8, 4) is 11.5 Å². The Morgan fingerprint density at radius 2 is 2.09 bits per heavy atom. The van der Waals surface area contributed by atoms with E-state index in [0.29, 0.717) is 43.4 Å². The van der Waals surface area contributed by atoms with Crippen LogP contribution in [0.1, 0.15) is 26.2 Å². The summed E-state index contributed by atoms with van der Waals surface area (Å²) < 4.78 is 11.0. The zero-order valence-electron chi connectivity index (χ0n) is 13.3. The van der Waals surface area contributed by atoms with E-state index in [2.05, 4.69) is 12.2 Å². The van der Waals surface area contributed by atoms with E-state index in [1.807, 2.05) is 0 Å². The lowest BCUT2D eigenvalue weighted by atomic mass is 10.1. The highest BCUT2D eigenvalue weighted by Gasteiger charge is 2.33. The predicted molar refractivity (Wildman–Crippen MR) is 85.7 cm³/mol. The Bertz CT molecular complexity index is 602. The van der Waals surface area contributed by atoms with Gasteiger partial charge in [0.1, 0.15) is 13.2 Å². The highest BCUT2D eigenvalue weighted by Crippen LogP contribution is 2.33. The molecule has 6 heteroatoms. The Hall–Kier alpha value is -2.24. The normalized spacial score (nSPS) is 19.8. The average molecular weight is 318 g/mol. The van der Waals surface area contributed by atoms with Crippen molar-refractivity contribution in [3.63, 3.8) is 0 Å². The summed E-state index contributed by atoms with van der Waals surface area (Å²) >= 11 is 0. The molecule has 2 aliphatic rings. The summed E-state index contributed by atoms with van der Waals surface area (Å²) in [5.74, 6) is 1.000. The molecule has 0 bridgehead atoms. The van der Waals surface area contributed by atoms with Gasteiger partial charge in [-0.15, -0.1) is 0 Å². The van der Waals surface area contributed by atoms with Gasteiger partial charge in [0.15, 0.2) is 11.5 Å². The number of anilines is 1. The lowest BCUT2D eigenvalue weighted by Crippen LogP contribution is -2.29. The molecule has 124 valence electrons. The molecule has 3 rings (SSSR count). The van der Waals surface area contributed by atoms with Gasteiger partial charge in [-0.2, -0.15) is 0 Å². The number of nitrogens with one attached hydrogen (secondary N) is 1. The molecule has 1 aromatic carbocycles. The summed E-state index contributed by atoms with van der Waals surface area (Å²) in [5.41, 5.74) is 0.665. The van der Waals surface area contributed by atoms with E-state index in [1.165, 1.54) is 0 Å². The number of ether oxygens (including phenoxy) is 2. The molecule has 1 N–H and O–H groups in total. The van der Waals surface area contributed by atoms with Gasteiger partial charge in [-0.25, -0.2) is 0 Å². The summed E-state index contributed by atoms with van der Waals surface area (Å²) in [6, 6.07) is 5.34. The van der Waals surface area contributed by atoms with Crippen LogP contribution in [-0.2, 0) is 9.59 Å². The minimum atomic E-state index is -0.285. The number of likely N-dealkylation sites (tertiary alicyclic amines) is 1. The lowest BCUT2D eigenvalue weighted by Gasteiger charge is -2.19. The molecule has 0 saturated carbocycles. The van der Waals surface area contributed by atoms with Gasteiger partial charge in [-0.05, 0) is 18.6 Å². The van der Waals surface area contributed by atoms with Crippen LogP contribution in [0, 0.1) is 5.92 Å². The molecule has 1 atom stereocenters. The zero-order chi connectivity index (χ0) is 16.2. The van der Waals surface area contributed by atoms with Crippen molar-refractivity contribution in [3.05, 3.63) is 18.2 Å². The molecule has 1 fully saturated rings. The number of nitrogens with zero attached hydrogens (tertiary/aromatic N) is 1. The molecule has 2 aliphatic heterocycles. The maximum Gasteiger partial charge on any atom is 0.229 e. The van der Waals surface area contributed by atoms with Crippen molar-refractivity contribution in [1.82, 2.24) is 4.90 Å². The van der Waals surface area contributed by atoms with Gasteiger partial charge in [-0.3, -0.25) is 9.59 Å². The van der Waals surface area contributed by atoms with E-state index in [1.54, 1.807) is 23.1 Å². The Morgan fingerprint density at radius 1 is 1.30 bits per heavy atom. The predicted octanol–water partition coefficient (Wildman–Crippen LogP) is 2.04. The van der Waals surface area contributed by atoms with Crippen LogP contribution in [-0.4, -0.2) is 43.0 Å². The highest BCUT2D eigenvalue weighted by atomic mass is 16.6. The molecule has 6 nitrogen and oxygen atoms in total. The lowest BCUT2D eigenvalue weighted by molar-refractivity contribution is -0.128. The van der Waals surface area contributed by atoms with Gasteiger partial charge in [0.2, 0.25) is 11.8 Å². The van der Waals surface area contributed by atoms with Crippen LogP contribution in [0.2, 0.25) is 0 Å². The number of benzene rings is 1. The third-order valence-corrected chi connectivity index (χ3v) is 4.18. The van der Waals surface area contributed by atoms with Crippen LogP contribution in [0.5, 0.6) is 11.5 Å². The minimum absolute atomic E-state index is 0.0702. The Labute approximate surface area is 135 Å². The first-order valence-electron chi connectivity index (χ1n) is 8.15. The highest BCUT2D eigenvalue weighted by molar-refractivity contribution is 5.97. The molecule has 0 radical (unpaired) electrons. The van der Waals surface area contributed by atoms with Crippen LogP contribution >= 0.6 is 0 Å². The molecule has 0 aliphatic carbocycles. The van der Waals surface area contributed by atoms with E-state index >= 15 is 0 Å². The molecule has 0 unspecified atom stereocenters. The number of hydrogen-bond acceptors (Lipinski definition) is 4. The average Bonchev–Trinajstić information content (AvgIpc) is 2.94. The van der Waals surface area contributed by atoms with Gasteiger partial charge in [0.25, 0.3) is 0 Å². The van der Waals surface area contributed by atoms with Gasteiger partial charge in [-0.1, -0.05) is 13.3 Å². The van der Waals surface area contributed by atoms with E-state index in [9.17, 15) is 9.59 Å². The van der Waals surface area contributed by atoms with E-state index in [4.69, 9.17) is 9.47 Å². The van der Waals surface area contributed by atoms with Gasteiger partial charge in [0, 0.05) is 31.3 Å². The van der Waals surface area contributed by atoms with Crippen LogP contribution in [0.15, 0.2) is 18.2 Å². The van der Waals surface area contributed by atoms with Gasteiger partial charge >= 0.3 is 0 Å². The fourth-order valence-corrected chi connectivity index (χ4v) is 2.88. The maximum atomic E-state index is 12.4. The fraction of sp³-hybridized carbons (Fsp3) is 0.529. The first-order valence-corrected chi connectivity index (χ1v) is 8.15. The Morgan fingerprint density at radius 3 is 2.87 bits per heavy atom. The third-order valence-electron chi connectivity index (χ3n) is 4.18. The van der Waals surface area contributed by atoms with Gasteiger partial charge in [0.05, 0.1) is 5.92 Å². The van der Waals surface area contributed by atoms with Crippen LogP contribution in [0.25, 0.3) is 0 Å². The smallest absolute Gasteiger partial charge is 0.229 e. The van der Waals surface area contributed by atoms with E-state index in [-0.39, 0.29) is 17.7 Å². The van der Waals surface area contributed by atoms with Crippen molar-refractivity contribution < 1.29 is 19.1 Å². The molecule has 1 saturated heterocycles. The molecule has 2 amide bonds. The molecule has 0 aromatic heterocycles. The Kier molecular flexibility index (Phi) is 4.69. The number of unbranched alkanes of at least 4 members (excludes halogenated alkanes) is 1. The SMILES string of the molecule is CCCCN1C[C@H](C(=O)Nc2ccc3c(c2)OCCO3)CC1=O. The van der Waals surface area contributed by atoms with Crippen LogP contribution in [0.3, 0.4) is 0 Å². The summed E-state index contributed by atoms with van der Waals surface area (Å²) in [6.07, 6.45) is 2.31. The second kappa shape index (κ2) is 6.89. The third kappa shape index (κ3) is 3.57. The fourth-order valence-electron chi connectivity index (χ4n) is 2.88. The number of rotatable bonds is 5. The standard InChI is InChI=1S/C17H22N2O4/c1-2-3-6-19-11-12(9-16(19)20)17(21)18-13-4-5-14-15(10-13)23-8-7-22-14/h4-5,10,12H,2-3,6-9,11H2,1H3,(H,18,21)/t12-/m1/s1. The van der Waals surface area contributed by atoms with Crippen LogP contribution < -0.4 is 14.8 Å². The quantitative estimate of drug-likeness (QED) is 0.902. The Balaban J connectivity index is 1.60. The van der Waals surface area contributed by atoms with Gasteiger partial charge < -0.3 is 19.7 Å². The molecular weight excluding hydrogens is 296 g/mol. The topological polar surface area (TPSA) is 67.9 Å².